The minimum absolute atomic E-state index is 0.550. The van der Waals surface area contributed by atoms with E-state index in [1.165, 1.54) is 4.88 Å². The zero-order valence-electron chi connectivity index (χ0n) is 15.2. The first-order valence-electron chi connectivity index (χ1n) is 8.44. The van der Waals surface area contributed by atoms with Crippen LogP contribution in [0.3, 0.4) is 0 Å². The lowest BCUT2D eigenvalue weighted by atomic mass is 10.2. The molecule has 0 saturated heterocycles. The summed E-state index contributed by atoms with van der Waals surface area (Å²) in [6.45, 7) is 5.78. The molecule has 136 valence electrons. The molecule has 0 radical (unpaired) electrons. The van der Waals surface area contributed by atoms with Gasteiger partial charge in [-0.3, -0.25) is 0 Å². The van der Waals surface area contributed by atoms with Crippen LogP contribution in [0.5, 0.6) is 0 Å². The van der Waals surface area contributed by atoms with Crippen molar-refractivity contribution in [3.63, 3.8) is 0 Å². The molecule has 2 heterocycles. The number of hydrogen-bond donors (Lipinski definition) is 2. The normalized spacial score (nSPS) is 11.6. The molecule has 3 aromatic rings. The highest BCUT2D eigenvalue weighted by atomic mass is 32.1. The summed E-state index contributed by atoms with van der Waals surface area (Å²) in [7, 11) is 1.96. The van der Waals surface area contributed by atoms with E-state index in [4.69, 9.17) is 0 Å². The van der Waals surface area contributed by atoms with Crippen LogP contribution in [0.15, 0.2) is 41.5 Å². The van der Waals surface area contributed by atoms with Gasteiger partial charge < -0.3 is 15.2 Å². The van der Waals surface area contributed by atoms with Gasteiger partial charge in [0.2, 0.25) is 0 Å². The van der Waals surface area contributed by atoms with Crippen molar-refractivity contribution in [2.24, 2.45) is 12.0 Å². The molecule has 0 aliphatic heterocycles. The molecular formula is C18H23N7S. The van der Waals surface area contributed by atoms with Crippen molar-refractivity contribution in [2.75, 3.05) is 0 Å². The van der Waals surface area contributed by atoms with Gasteiger partial charge in [0.05, 0.1) is 19.6 Å². The van der Waals surface area contributed by atoms with Crippen molar-refractivity contribution in [1.29, 1.82) is 0 Å². The number of aryl methyl sites for hydroxylation is 2. The molecule has 0 aliphatic carbocycles. The van der Waals surface area contributed by atoms with E-state index in [0.29, 0.717) is 19.6 Å². The minimum atomic E-state index is 0.550. The third-order valence-electron chi connectivity index (χ3n) is 3.94. The predicted octanol–water partition coefficient (Wildman–Crippen LogP) is 2.32. The highest BCUT2D eigenvalue weighted by molar-refractivity contribution is 7.11. The second kappa shape index (κ2) is 8.57. The van der Waals surface area contributed by atoms with Crippen LogP contribution in [0.1, 0.15) is 27.1 Å². The second-order valence-corrected chi connectivity index (χ2v) is 7.26. The van der Waals surface area contributed by atoms with Gasteiger partial charge in [0.25, 0.3) is 0 Å². The Hall–Kier alpha value is -2.74. The van der Waals surface area contributed by atoms with Crippen molar-refractivity contribution in [2.45, 2.75) is 33.5 Å². The molecule has 3 rings (SSSR count). The van der Waals surface area contributed by atoms with Crippen LogP contribution in [0.25, 0.3) is 0 Å². The molecule has 7 nitrogen and oxygen atoms in total. The van der Waals surface area contributed by atoms with E-state index in [-0.39, 0.29) is 0 Å². The first-order chi connectivity index (χ1) is 12.6. The molecule has 26 heavy (non-hydrogen) atoms. The number of guanidine groups is 1. The van der Waals surface area contributed by atoms with Crippen LogP contribution < -0.4 is 10.6 Å². The fraction of sp³-hybridized carbons (Fsp3) is 0.333. The number of hydrogen-bond acceptors (Lipinski definition) is 5. The molecular weight excluding hydrogens is 346 g/mol. The van der Waals surface area contributed by atoms with Gasteiger partial charge in [-0.1, -0.05) is 30.3 Å². The first-order valence-corrected chi connectivity index (χ1v) is 9.26. The van der Waals surface area contributed by atoms with Gasteiger partial charge in [0.1, 0.15) is 10.8 Å². The summed E-state index contributed by atoms with van der Waals surface area (Å²) in [4.78, 5) is 10.3. The van der Waals surface area contributed by atoms with Gasteiger partial charge in [-0.05, 0) is 19.4 Å². The van der Waals surface area contributed by atoms with Gasteiger partial charge in [-0.25, -0.2) is 9.98 Å². The van der Waals surface area contributed by atoms with Crippen LogP contribution in [0.4, 0.5) is 0 Å². The van der Waals surface area contributed by atoms with Crippen LogP contribution >= 0.6 is 11.3 Å². The van der Waals surface area contributed by atoms with Crippen LogP contribution in [-0.2, 0) is 26.7 Å². The lowest BCUT2D eigenvalue weighted by Crippen LogP contribution is -2.37. The molecule has 2 aromatic heterocycles. The monoisotopic (exact) mass is 369 g/mol. The fourth-order valence-corrected chi connectivity index (χ4v) is 3.07. The summed E-state index contributed by atoms with van der Waals surface area (Å²) in [5, 5.41) is 16.0. The van der Waals surface area contributed by atoms with E-state index in [0.717, 1.165) is 28.2 Å². The van der Waals surface area contributed by atoms with E-state index < -0.39 is 0 Å². The minimum Gasteiger partial charge on any atom is -0.350 e. The molecule has 0 unspecified atom stereocenters. The topological polar surface area (TPSA) is 80.0 Å². The van der Waals surface area contributed by atoms with Crippen molar-refractivity contribution in [1.82, 2.24) is 30.4 Å². The Morgan fingerprint density at radius 2 is 1.88 bits per heavy atom. The van der Waals surface area contributed by atoms with Gasteiger partial charge >= 0.3 is 0 Å². The zero-order valence-corrected chi connectivity index (χ0v) is 16.0. The number of thiazole rings is 1. The van der Waals surface area contributed by atoms with Crippen molar-refractivity contribution >= 4 is 17.3 Å². The Morgan fingerprint density at radius 1 is 1.12 bits per heavy atom. The Kier molecular flexibility index (Phi) is 5.96. The standard InChI is InChI=1S/C18H23N7S/c1-13-9-19-17(26-13)12-22-18(20-10-15-7-5-4-6-8-15)21-11-16-24-23-14(2)25(16)3/h4-9H,10-12H2,1-3H3,(H2,20,21,22). The Balaban J connectivity index is 1.66. The SMILES string of the molecule is Cc1cnc(CNC(=NCc2ccccc2)NCc2nnc(C)n2C)s1. The second-order valence-electron chi connectivity index (χ2n) is 5.94. The maximum Gasteiger partial charge on any atom is 0.192 e. The molecule has 0 fully saturated rings. The van der Waals surface area contributed by atoms with E-state index in [2.05, 4.69) is 49.9 Å². The summed E-state index contributed by atoms with van der Waals surface area (Å²) in [6, 6.07) is 10.2. The van der Waals surface area contributed by atoms with Gasteiger partial charge in [0.15, 0.2) is 11.8 Å². The average molecular weight is 369 g/mol. The molecule has 0 atom stereocenters. The average Bonchev–Trinajstić information content (AvgIpc) is 3.21. The number of aliphatic imine (C=N–C) groups is 1. The van der Waals surface area contributed by atoms with E-state index >= 15 is 0 Å². The smallest absolute Gasteiger partial charge is 0.192 e. The van der Waals surface area contributed by atoms with Gasteiger partial charge in [-0.15, -0.1) is 21.5 Å². The summed E-state index contributed by atoms with van der Waals surface area (Å²) >= 11 is 1.68. The third kappa shape index (κ3) is 4.89. The molecule has 2 N–H and O–H groups in total. The maximum absolute atomic E-state index is 4.68. The van der Waals surface area contributed by atoms with Crippen molar-refractivity contribution in [3.05, 3.63) is 63.6 Å². The van der Waals surface area contributed by atoms with Gasteiger partial charge in [-0.2, -0.15) is 0 Å². The number of nitrogens with zero attached hydrogens (tertiary/aromatic N) is 5. The molecule has 0 saturated carbocycles. The Bertz CT molecular complexity index is 867. The summed E-state index contributed by atoms with van der Waals surface area (Å²) < 4.78 is 1.96. The Labute approximate surface area is 157 Å². The first kappa shape index (κ1) is 18.1. The fourth-order valence-electron chi connectivity index (χ4n) is 2.34. The van der Waals surface area contributed by atoms with Crippen LogP contribution in [0.2, 0.25) is 0 Å². The van der Waals surface area contributed by atoms with Crippen molar-refractivity contribution in [3.8, 4) is 0 Å². The van der Waals surface area contributed by atoms with Crippen LogP contribution in [0, 0.1) is 13.8 Å². The molecule has 0 aliphatic rings. The van der Waals surface area contributed by atoms with E-state index in [1.807, 2.05) is 42.9 Å². The summed E-state index contributed by atoms with van der Waals surface area (Å²) in [5.41, 5.74) is 1.16. The third-order valence-corrected chi connectivity index (χ3v) is 4.85. The largest absolute Gasteiger partial charge is 0.350 e. The van der Waals surface area contributed by atoms with E-state index in [9.17, 15) is 0 Å². The summed E-state index contributed by atoms with van der Waals surface area (Å²) in [5.74, 6) is 2.47. The van der Waals surface area contributed by atoms with Crippen molar-refractivity contribution < 1.29 is 0 Å². The lowest BCUT2D eigenvalue weighted by molar-refractivity contribution is 0.713. The number of benzene rings is 1. The molecule has 0 amide bonds. The van der Waals surface area contributed by atoms with E-state index in [1.54, 1.807) is 11.3 Å². The number of aromatic nitrogens is 4. The lowest BCUT2D eigenvalue weighted by Gasteiger charge is -2.12. The zero-order chi connectivity index (χ0) is 18.4. The van der Waals surface area contributed by atoms with Gasteiger partial charge in [0, 0.05) is 18.1 Å². The predicted molar refractivity (Wildman–Crippen MR) is 104 cm³/mol. The van der Waals surface area contributed by atoms with Crippen LogP contribution in [-0.4, -0.2) is 25.7 Å². The molecule has 0 spiro atoms. The molecule has 8 heteroatoms. The number of nitrogens with one attached hydrogen (secondary N) is 2. The number of rotatable bonds is 6. The Morgan fingerprint density at radius 3 is 2.54 bits per heavy atom. The molecule has 0 bridgehead atoms. The quantitative estimate of drug-likeness (QED) is 0.515. The maximum atomic E-state index is 4.68. The molecule has 1 aromatic carbocycles. The highest BCUT2D eigenvalue weighted by Crippen LogP contribution is 2.10. The summed E-state index contributed by atoms with van der Waals surface area (Å²) in [6.07, 6.45) is 1.89. The highest BCUT2D eigenvalue weighted by Gasteiger charge is 2.07.